The summed E-state index contributed by atoms with van der Waals surface area (Å²) in [5.74, 6) is -0.444. The molecular weight excluding hydrogens is 374 g/mol. The number of fused-ring (bicyclic) bond motifs is 1. The third-order valence-electron chi connectivity index (χ3n) is 4.08. The van der Waals surface area contributed by atoms with Gasteiger partial charge in [0.15, 0.2) is 0 Å². The SMILES string of the molecule is CCCOc1ccc2cc(C(=O)Nc3ccc(C(=O)OCC)cc3)c(=O)oc2c1. The Balaban J connectivity index is 1.79. The first kappa shape index (κ1) is 20.1. The number of amides is 1. The van der Waals surface area contributed by atoms with E-state index in [1.54, 1.807) is 37.3 Å². The topological polar surface area (TPSA) is 94.8 Å². The Bertz CT molecular complexity index is 1080. The molecule has 0 bridgehead atoms. The van der Waals surface area contributed by atoms with Crippen LogP contribution in [-0.4, -0.2) is 25.1 Å². The molecule has 0 aliphatic carbocycles. The van der Waals surface area contributed by atoms with Gasteiger partial charge >= 0.3 is 11.6 Å². The van der Waals surface area contributed by atoms with Crippen molar-refractivity contribution < 1.29 is 23.5 Å². The van der Waals surface area contributed by atoms with Gasteiger partial charge in [-0.1, -0.05) is 6.92 Å². The van der Waals surface area contributed by atoms with E-state index in [1.807, 2.05) is 6.92 Å². The van der Waals surface area contributed by atoms with Crippen LogP contribution in [0.15, 0.2) is 57.7 Å². The van der Waals surface area contributed by atoms with Crippen LogP contribution in [0.4, 0.5) is 5.69 Å². The number of hydrogen-bond acceptors (Lipinski definition) is 6. The van der Waals surface area contributed by atoms with Crippen LogP contribution in [0.3, 0.4) is 0 Å². The van der Waals surface area contributed by atoms with E-state index in [1.165, 1.54) is 18.2 Å². The van der Waals surface area contributed by atoms with Crippen molar-refractivity contribution in [1.82, 2.24) is 0 Å². The number of carbonyl (C=O) groups excluding carboxylic acids is 2. The molecule has 2 aromatic carbocycles. The highest BCUT2D eigenvalue weighted by atomic mass is 16.5. The van der Waals surface area contributed by atoms with E-state index in [-0.39, 0.29) is 12.2 Å². The van der Waals surface area contributed by atoms with Gasteiger partial charge in [-0.05, 0) is 55.8 Å². The van der Waals surface area contributed by atoms with Crippen molar-refractivity contribution in [2.45, 2.75) is 20.3 Å². The zero-order valence-corrected chi connectivity index (χ0v) is 16.2. The van der Waals surface area contributed by atoms with Crippen LogP contribution in [0.5, 0.6) is 5.75 Å². The monoisotopic (exact) mass is 395 g/mol. The fourth-order valence-corrected chi connectivity index (χ4v) is 2.66. The lowest BCUT2D eigenvalue weighted by Gasteiger charge is -2.08. The van der Waals surface area contributed by atoms with Crippen molar-refractivity contribution >= 4 is 28.5 Å². The molecule has 7 heteroatoms. The summed E-state index contributed by atoms with van der Waals surface area (Å²) in [4.78, 5) is 36.5. The maximum absolute atomic E-state index is 12.5. The molecule has 150 valence electrons. The molecule has 0 saturated carbocycles. The number of anilines is 1. The van der Waals surface area contributed by atoms with Gasteiger partial charge in [0.05, 0.1) is 18.8 Å². The number of carbonyl (C=O) groups is 2. The molecule has 0 unspecified atom stereocenters. The quantitative estimate of drug-likeness (QED) is 0.480. The van der Waals surface area contributed by atoms with E-state index in [4.69, 9.17) is 13.9 Å². The van der Waals surface area contributed by atoms with Gasteiger partial charge in [-0.15, -0.1) is 0 Å². The highest BCUT2D eigenvalue weighted by Gasteiger charge is 2.15. The first-order valence-corrected chi connectivity index (χ1v) is 9.31. The summed E-state index contributed by atoms with van der Waals surface area (Å²) in [5, 5.41) is 3.23. The second-order valence-corrected chi connectivity index (χ2v) is 6.25. The third kappa shape index (κ3) is 4.82. The third-order valence-corrected chi connectivity index (χ3v) is 4.08. The zero-order chi connectivity index (χ0) is 20.8. The van der Waals surface area contributed by atoms with Crippen LogP contribution in [0, 0.1) is 0 Å². The van der Waals surface area contributed by atoms with E-state index in [2.05, 4.69) is 5.32 Å². The van der Waals surface area contributed by atoms with E-state index in [0.717, 1.165) is 6.42 Å². The maximum atomic E-state index is 12.5. The summed E-state index contributed by atoms with van der Waals surface area (Å²) < 4.78 is 15.7. The molecule has 7 nitrogen and oxygen atoms in total. The van der Waals surface area contributed by atoms with Gasteiger partial charge in [0.1, 0.15) is 16.9 Å². The Kier molecular flexibility index (Phi) is 6.29. The van der Waals surface area contributed by atoms with Crippen LogP contribution in [0.1, 0.15) is 41.0 Å². The fourth-order valence-electron chi connectivity index (χ4n) is 2.66. The summed E-state index contributed by atoms with van der Waals surface area (Å²) in [5.41, 5.74) is 0.293. The standard InChI is InChI=1S/C22H21NO6/c1-3-11-28-17-10-7-15-12-18(22(26)29-19(15)13-17)20(24)23-16-8-5-14(6-9-16)21(25)27-4-2/h5-10,12-13H,3-4,11H2,1-2H3,(H,23,24). The lowest BCUT2D eigenvalue weighted by molar-refractivity contribution is 0.0526. The first-order chi connectivity index (χ1) is 14.0. The normalized spacial score (nSPS) is 10.6. The smallest absolute Gasteiger partial charge is 0.349 e. The Labute approximate surface area is 167 Å². The molecule has 3 rings (SSSR count). The van der Waals surface area contributed by atoms with Gasteiger partial charge < -0.3 is 19.2 Å². The van der Waals surface area contributed by atoms with Crippen molar-refractivity contribution in [2.75, 3.05) is 18.5 Å². The van der Waals surface area contributed by atoms with Crippen LogP contribution in [0.2, 0.25) is 0 Å². The van der Waals surface area contributed by atoms with Crippen LogP contribution in [-0.2, 0) is 4.74 Å². The Hall–Kier alpha value is -3.61. The van der Waals surface area contributed by atoms with Crippen molar-refractivity contribution in [3.63, 3.8) is 0 Å². The largest absolute Gasteiger partial charge is 0.493 e. The number of benzene rings is 2. The van der Waals surface area contributed by atoms with Gasteiger partial charge in [0.25, 0.3) is 5.91 Å². The number of rotatable bonds is 7. The fraction of sp³-hybridized carbons (Fsp3) is 0.227. The first-order valence-electron chi connectivity index (χ1n) is 9.31. The Morgan fingerprint density at radius 3 is 2.48 bits per heavy atom. The van der Waals surface area contributed by atoms with E-state index < -0.39 is 17.5 Å². The second-order valence-electron chi connectivity index (χ2n) is 6.25. The molecule has 0 aliphatic heterocycles. The summed E-state index contributed by atoms with van der Waals surface area (Å²) in [6.45, 7) is 4.56. The summed E-state index contributed by atoms with van der Waals surface area (Å²) in [7, 11) is 0. The van der Waals surface area contributed by atoms with Crippen molar-refractivity contribution in [1.29, 1.82) is 0 Å². The molecule has 0 aliphatic rings. The molecule has 1 N–H and O–H groups in total. The summed E-state index contributed by atoms with van der Waals surface area (Å²) in [6, 6.07) is 12.8. The minimum atomic E-state index is -0.745. The highest BCUT2D eigenvalue weighted by molar-refractivity contribution is 6.05. The van der Waals surface area contributed by atoms with Crippen molar-refractivity contribution in [2.24, 2.45) is 0 Å². The number of ether oxygens (including phenoxy) is 2. The highest BCUT2D eigenvalue weighted by Crippen LogP contribution is 2.21. The summed E-state index contributed by atoms with van der Waals surface area (Å²) >= 11 is 0. The molecule has 1 heterocycles. The molecule has 0 spiro atoms. The molecule has 1 amide bonds. The van der Waals surface area contributed by atoms with Crippen LogP contribution < -0.4 is 15.7 Å². The van der Waals surface area contributed by atoms with Gasteiger partial charge in [0, 0.05) is 17.1 Å². The average molecular weight is 395 g/mol. The number of hydrogen-bond donors (Lipinski definition) is 1. The molecule has 0 atom stereocenters. The maximum Gasteiger partial charge on any atom is 0.349 e. The molecule has 3 aromatic rings. The Morgan fingerprint density at radius 2 is 1.79 bits per heavy atom. The van der Waals surface area contributed by atoms with E-state index >= 15 is 0 Å². The van der Waals surface area contributed by atoms with Gasteiger partial charge in [-0.2, -0.15) is 0 Å². The van der Waals surface area contributed by atoms with Crippen LogP contribution in [0.25, 0.3) is 11.0 Å². The molecule has 0 saturated heterocycles. The number of esters is 1. The lowest BCUT2D eigenvalue weighted by atomic mass is 10.1. The number of nitrogens with one attached hydrogen (secondary N) is 1. The van der Waals surface area contributed by atoms with Crippen molar-refractivity contribution in [3.05, 3.63) is 70.1 Å². The van der Waals surface area contributed by atoms with E-state index in [9.17, 15) is 14.4 Å². The van der Waals surface area contributed by atoms with Gasteiger partial charge in [0.2, 0.25) is 0 Å². The van der Waals surface area contributed by atoms with Gasteiger partial charge in [-0.3, -0.25) is 4.79 Å². The zero-order valence-electron chi connectivity index (χ0n) is 16.2. The minimum absolute atomic E-state index is 0.116. The molecule has 29 heavy (non-hydrogen) atoms. The predicted octanol–water partition coefficient (Wildman–Crippen LogP) is 4.01. The lowest BCUT2D eigenvalue weighted by Crippen LogP contribution is -2.20. The van der Waals surface area contributed by atoms with Gasteiger partial charge in [-0.25, -0.2) is 9.59 Å². The molecule has 0 radical (unpaired) electrons. The predicted molar refractivity (Wildman–Crippen MR) is 109 cm³/mol. The molecule has 0 fully saturated rings. The molecule has 1 aromatic heterocycles. The summed E-state index contributed by atoms with van der Waals surface area (Å²) in [6.07, 6.45) is 0.863. The molecular formula is C22H21NO6. The second kappa shape index (κ2) is 9.05. The van der Waals surface area contributed by atoms with E-state index in [0.29, 0.717) is 34.6 Å². The van der Waals surface area contributed by atoms with Crippen LogP contribution >= 0.6 is 0 Å². The Morgan fingerprint density at radius 1 is 1.03 bits per heavy atom. The van der Waals surface area contributed by atoms with Crippen molar-refractivity contribution in [3.8, 4) is 5.75 Å². The average Bonchev–Trinajstić information content (AvgIpc) is 2.72. The minimum Gasteiger partial charge on any atom is -0.493 e.